The monoisotopic (exact) mass is 454 g/mol. The summed E-state index contributed by atoms with van der Waals surface area (Å²) in [7, 11) is 0. The second kappa shape index (κ2) is 13.7. The lowest BCUT2D eigenvalue weighted by Gasteiger charge is -2.24. The van der Waals surface area contributed by atoms with Crippen molar-refractivity contribution in [3.8, 4) is 5.88 Å². The van der Waals surface area contributed by atoms with Crippen molar-refractivity contribution in [2.24, 2.45) is 10.8 Å². The van der Waals surface area contributed by atoms with Crippen molar-refractivity contribution in [1.29, 1.82) is 0 Å². The van der Waals surface area contributed by atoms with E-state index in [4.69, 9.17) is 9.84 Å². The van der Waals surface area contributed by atoms with Gasteiger partial charge in [0.25, 0.3) is 0 Å². The van der Waals surface area contributed by atoms with Crippen molar-refractivity contribution in [1.82, 2.24) is 9.13 Å². The van der Waals surface area contributed by atoms with E-state index in [1.165, 1.54) is 15.3 Å². The molecular weight excluding hydrogens is 408 g/mol. The first-order valence-electron chi connectivity index (χ1n) is 12.3. The summed E-state index contributed by atoms with van der Waals surface area (Å²) in [6, 6.07) is 0. The predicted molar refractivity (Wildman–Crippen MR) is 128 cm³/mol. The van der Waals surface area contributed by atoms with E-state index in [1.54, 1.807) is 0 Å². The number of aryl methyl sites for hydroxylation is 1. The lowest BCUT2D eigenvalue weighted by molar-refractivity contribution is -0.137. The molecule has 186 valence electrons. The predicted octanol–water partition coefficient (Wildman–Crippen LogP) is 5.43. The van der Waals surface area contributed by atoms with Gasteiger partial charge in [0.15, 0.2) is 0 Å². The Labute approximate surface area is 193 Å². The van der Waals surface area contributed by atoms with Crippen LogP contribution in [0.15, 0.2) is 11.0 Å². The summed E-state index contributed by atoms with van der Waals surface area (Å²) >= 11 is 0. The standard InChI is InChI=1S/C25H46N2O5/c1-6-26-20-21(28)27(23(26)31)17-11-15-24(2,3)13-7-9-18-32-19-10-8-14-25(4,5)16-12-22(29)30/h20,28H,6-19H2,1-5H3,(H,29,30). The molecule has 1 aromatic rings. The van der Waals surface area contributed by atoms with Gasteiger partial charge in [0, 0.05) is 32.7 Å². The van der Waals surface area contributed by atoms with Crippen LogP contribution in [-0.4, -0.2) is 38.5 Å². The first-order valence-corrected chi connectivity index (χ1v) is 12.3. The van der Waals surface area contributed by atoms with Gasteiger partial charge in [-0.15, -0.1) is 0 Å². The summed E-state index contributed by atoms with van der Waals surface area (Å²) in [4.78, 5) is 22.9. The molecule has 7 heteroatoms. The van der Waals surface area contributed by atoms with Crippen molar-refractivity contribution in [3.63, 3.8) is 0 Å². The van der Waals surface area contributed by atoms with Gasteiger partial charge in [-0.25, -0.2) is 4.79 Å². The van der Waals surface area contributed by atoms with Crippen molar-refractivity contribution in [2.75, 3.05) is 13.2 Å². The maximum atomic E-state index is 12.1. The molecule has 0 spiro atoms. The number of carboxylic acid groups (broad SMARTS) is 1. The van der Waals surface area contributed by atoms with Crippen LogP contribution in [0.4, 0.5) is 0 Å². The van der Waals surface area contributed by atoms with Gasteiger partial charge in [0.1, 0.15) is 0 Å². The highest BCUT2D eigenvalue weighted by Crippen LogP contribution is 2.30. The van der Waals surface area contributed by atoms with Crippen LogP contribution in [-0.2, 0) is 22.6 Å². The Morgan fingerprint density at radius 1 is 0.938 bits per heavy atom. The van der Waals surface area contributed by atoms with Crippen LogP contribution >= 0.6 is 0 Å². The zero-order chi connectivity index (χ0) is 24.2. The van der Waals surface area contributed by atoms with Gasteiger partial charge in [-0.1, -0.05) is 40.5 Å². The lowest BCUT2D eigenvalue weighted by atomic mass is 9.83. The van der Waals surface area contributed by atoms with E-state index >= 15 is 0 Å². The molecule has 0 saturated carbocycles. The molecule has 1 rings (SSSR count). The van der Waals surface area contributed by atoms with Crippen LogP contribution in [0.5, 0.6) is 5.88 Å². The van der Waals surface area contributed by atoms with Crippen LogP contribution in [0.3, 0.4) is 0 Å². The largest absolute Gasteiger partial charge is 0.493 e. The second-order valence-corrected chi connectivity index (χ2v) is 10.6. The van der Waals surface area contributed by atoms with Gasteiger partial charge in [-0.3, -0.25) is 13.9 Å². The summed E-state index contributed by atoms with van der Waals surface area (Å²) in [6.07, 6.45) is 10.8. The zero-order valence-electron chi connectivity index (χ0n) is 21.0. The Morgan fingerprint density at radius 2 is 1.47 bits per heavy atom. The van der Waals surface area contributed by atoms with Gasteiger partial charge >= 0.3 is 11.7 Å². The molecule has 0 aliphatic carbocycles. The minimum Gasteiger partial charge on any atom is -0.493 e. The van der Waals surface area contributed by atoms with Gasteiger partial charge in [-0.2, -0.15) is 0 Å². The summed E-state index contributed by atoms with van der Waals surface area (Å²) in [5.41, 5.74) is 0.147. The van der Waals surface area contributed by atoms with E-state index in [-0.39, 0.29) is 28.8 Å². The van der Waals surface area contributed by atoms with Crippen molar-refractivity contribution >= 4 is 5.97 Å². The fourth-order valence-corrected chi connectivity index (χ4v) is 4.08. The number of aromatic hydroxyl groups is 1. The fourth-order valence-electron chi connectivity index (χ4n) is 4.08. The average molecular weight is 455 g/mol. The molecule has 0 aliphatic heterocycles. The van der Waals surface area contributed by atoms with Crippen molar-refractivity contribution in [2.45, 2.75) is 112 Å². The van der Waals surface area contributed by atoms with Crippen LogP contribution in [0.2, 0.25) is 0 Å². The number of aromatic nitrogens is 2. The fraction of sp³-hybridized carbons (Fsp3) is 0.840. The Bertz CT molecular complexity index is 733. The average Bonchev–Trinajstić information content (AvgIpc) is 2.98. The number of carbonyl (C=O) groups is 1. The highest BCUT2D eigenvalue weighted by molar-refractivity contribution is 5.66. The number of unbranched alkanes of at least 4 members (excludes halogenated alkanes) is 2. The maximum Gasteiger partial charge on any atom is 0.331 e. The smallest absolute Gasteiger partial charge is 0.331 e. The molecule has 0 amide bonds. The third kappa shape index (κ3) is 11.2. The van der Waals surface area contributed by atoms with Gasteiger partial charge < -0.3 is 14.9 Å². The third-order valence-electron chi connectivity index (χ3n) is 6.40. The molecule has 7 nitrogen and oxygen atoms in total. The highest BCUT2D eigenvalue weighted by Gasteiger charge is 2.19. The first-order chi connectivity index (χ1) is 15.0. The molecule has 0 aromatic carbocycles. The molecule has 0 radical (unpaired) electrons. The highest BCUT2D eigenvalue weighted by atomic mass is 16.5. The van der Waals surface area contributed by atoms with Crippen molar-refractivity contribution < 1.29 is 19.7 Å². The second-order valence-electron chi connectivity index (χ2n) is 10.6. The van der Waals surface area contributed by atoms with Crippen LogP contribution in [0.25, 0.3) is 0 Å². The van der Waals surface area contributed by atoms with E-state index < -0.39 is 5.97 Å². The Hall–Kier alpha value is -1.76. The van der Waals surface area contributed by atoms with Crippen LogP contribution in [0, 0.1) is 10.8 Å². The Morgan fingerprint density at radius 3 is 1.97 bits per heavy atom. The topological polar surface area (TPSA) is 93.7 Å². The lowest BCUT2D eigenvalue weighted by Crippen LogP contribution is -2.24. The van der Waals surface area contributed by atoms with Gasteiger partial charge in [0.2, 0.25) is 5.88 Å². The SMILES string of the molecule is CCn1cc(O)n(CCCC(C)(C)CCCCOCCCCC(C)(C)CCC(=O)O)c1=O. The summed E-state index contributed by atoms with van der Waals surface area (Å²) in [5.74, 6) is -0.665. The maximum absolute atomic E-state index is 12.1. The third-order valence-corrected chi connectivity index (χ3v) is 6.40. The summed E-state index contributed by atoms with van der Waals surface area (Å²) in [5, 5.41) is 18.8. The molecule has 0 saturated heterocycles. The number of ether oxygens (including phenoxy) is 1. The van der Waals surface area contributed by atoms with Gasteiger partial charge in [-0.05, 0) is 62.7 Å². The number of carboxylic acids is 1. The van der Waals surface area contributed by atoms with E-state index in [0.717, 1.165) is 71.0 Å². The molecule has 0 fully saturated rings. The van der Waals surface area contributed by atoms with E-state index in [2.05, 4.69) is 27.7 Å². The summed E-state index contributed by atoms with van der Waals surface area (Å²) < 4.78 is 8.76. The quantitative estimate of drug-likeness (QED) is 0.288. The molecular formula is C25H46N2O5. The number of aliphatic carboxylic acids is 1. The minimum absolute atomic E-state index is 0.0515. The first kappa shape index (κ1) is 28.3. The molecule has 2 N–H and O–H groups in total. The van der Waals surface area contributed by atoms with Crippen molar-refractivity contribution in [3.05, 3.63) is 16.7 Å². The number of hydrogen-bond donors (Lipinski definition) is 2. The number of nitrogens with zero attached hydrogens (tertiary/aromatic N) is 2. The Balaban J connectivity index is 2.10. The molecule has 0 unspecified atom stereocenters. The van der Waals surface area contributed by atoms with Crippen LogP contribution < -0.4 is 5.69 Å². The molecule has 32 heavy (non-hydrogen) atoms. The van der Waals surface area contributed by atoms with Crippen LogP contribution in [0.1, 0.15) is 98.8 Å². The molecule has 1 aromatic heterocycles. The summed E-state index contributed by atoms with van der Waals surface area (Å²) in [6.45, 7) is 13.4. The van der Waals surface area contributed by atoms with E-state index in [9.17, 15) is 14.7 Å². The van der Waals surface area contributed by atoms with Gasteiger partial charge in [0.05, 0.1) is 6.20 Å². The zero-order valence-corrected chi connectivity index (χ0v) is 21.0. The number of imidazole rings is 1. The normalized spacial score (nSPS) is 12.4. The van der Waals surface area contributed by atoms with E-state index in [1.807, 2.05) is 6.92 Å². The molecule has 0 aliphatic rings. The Kier molecular flexibility index (Phi) is 12.1. The molecule has 0 atom stereocenters. The number of hydrogen-bond acceptors (Lipinski definition) is 4. The van der Waals surface area contributed by atoms with E-state index in [0.29, 0.717) is 13.1 Å². The number of rotatable bonds is 18. The molecule has 1 heterocycles. The minimum atomic E-state index is -0.717. The molecule has 0 bridgehead atoms.